The molecule has 0 aliphatic carbocycles. The van der Waals surface area contributed by atoms with Crippen LogP contribution in [0.5, 0.6) is 0 Å². The number of nitrogens with one attached hydrogen (secondary N) is 1. The number of piperidine rings is 1. The van der Waals surface area contributed by atoms with Gasteiger partial charge in [-0.3, -0.25) is 9.59 Å². The van der Waals surface area contributed by atoms with Gasteiger partial charge in [-0.05, 0) is 43.7 Å². The molecule has 6 nitrogen and oxygen atoms in total. The van der Waals surface area contributed by atoms with Gasteiger partial charge in [-0.25, -0.2) is 0 Å². The number of nitrogens with zero attached hydrogens (tertiary/aromatic N) is 3. The molecule has 1 amide bonds. The zero-order valence-corrected chi connectivity index (χ0v) is 17.9. The van der Waals surface area contributed by atoms with Gasteiger partial charge in [-0.2, -0.15) is 0 Å². The third-order valence-electron chi connectivity index (χ3n) is 5.97. The first kappa shape index (κ1) is 21.0. The van der Waals surface area contributed by atoms with Gasteiger partial charge >= 0.3 is 0 Å². The van der Waals surface area contributed by atoms with Crippen molar-refractivity contribution >= 4 is 5.91 Å². The fourth-order valence-corrected chi connectivity index (χ4v) is 4.16. The quantitative estimate of drug-likeness (QED) is 0.666. The molecular formula is C25H28N4O2. The number of aryl methyl sites for hydroxylation is 2. The molecule has 1 aliphatic heterocycles. The predicted octanol–water partition coefficient (Wildman–Crippen LogP) is 3.55. The number of rotatable bonds is 6. The molecule has 1 aromatic heterocycles. The Morgan fingerprint density at radius 2 is 1.84 bits per heavy atom. The number of aromatic amines is 1. The molecule has 2 aromatic carbocycles. The van der Waals surface area contributed by atoms with E-state index in [1.165, 1.54) is 5.56 Å². The Bertz CT molecular complexity index is 1090. The number of benzene rings is 2. The van der Waals surface area contributed by atoms with Crippen LogP contribution in [0.15, 0.2) is 59.4 Å². The lowest BCUT2D eigenvalue weighted by Crippen LogP contribution is -2.39. The largest absolute Gasteiger partial charge is 0.343 e. The Morgan fingerprint density at radius 1 is 1.06 bits per heavy atom. The number of carbonyl (C=O) groups is 1. The monoisotopic (exact) mass is 416 g/mol. The number of H-pyrrole nitrogens is 1. The fraction of sp³-hybridized carbons (Fsp3) is 0.360. The molecule has 2 heterocycles. The summed E-state index contributed by atoms with van der Waals surface area (Å²) in [6, 6.07) is 18.3. The summed E-state index contributed by atoms with van der Waals surface area (Å²) in [5.74, 6) is 1.15. The first-order valence-electron chi connectivity index (χ1n) is 10.9. The van der Waals surface area contributed by atoms with E-state index in [1.807, 2.05) is 42.2 Å². The van der Waals surface area contributed by atoms with E-state index in [0.717, 1.165) is 43.5 Å². The Balaban J connectivity index is 1.28. The molecule has 31 heavy (non-hydrogen) atoms. The maximum Gasteiger partial charge on any atom is 0.273 e. The van der Waals surface area contributed by atoms with Gasteiger partial charge in [0.25, 0.3) is 5.56 Å². The molecule has 0 bridgehead atoms. The fourth-order valence-electron chi connectivity index (χ4n) is 4.16. The molecule has 1 aliphatic rings. The second kappa shape index (κ2) is 9.69. The highest BCUT2D eigenvalue weighted by Crippen LogP contribution is 2.22. The molecule has 0 spiro atoms. The lowest BCUT2D eigenvalue weighted by atomic mass is 9.90. The average Bonchev–Trinajstić information content (AvgIpc) is 2.79. The van der Waals surface area contributed by atoms with Crippen LogP contribution >= 0.6 is 0 Å². The highest BCUT2D eigenvalue weighted by atomic mass is 16.2. The Morgan fingerprint density at radius 3 is 2.55 bits per heavy atom. The van der Waals surface area contributed by atoms with Crippen LogP contribution in [0.25, 0.3) is 11.4 Å². The van der Waals surface area contributed by atoms with Gasteiger partial charge in [0.05, 0.1) is 0 Å². The molecule has 1 fully saturated rings. The summed E-state index contributed by atoms with van der Waals surface area (Å²) in [7, 11) is 0. The van der Waals surface area contributed by atoms with Crippen molar-refractivity contribution in [3.05, 3.63) is 81.8 Å². The van der Waals surface area contributed by atoms with Crippen molar-refractivity contribution in [2.75, 3.05) is 13.1 Å². The normalized spacial score (nSPS) is 14.5. The molecule has 4 rings (SSSR count). The van der Waals surface area contributed by atoms with Gasteiger partial charge in [-0.15, -0.1) is 10.2 Å². The molecule has 0 radical (unpaired) electrons. The average molecular weight is 417 g/mol. The Hall–Kier alpha value is -3.28. The number of hydrogen-bond acceptors (Lipinski definition) is 4. The van der Waals surface area contributed by atoms with Crippen molar-refractivity contribution in [3.8, 4) is 11.4 Å². The van der Waals surface area contributed by atoms with Gasteiger partial charge in [0.1, 0.15) is 5.69 Å². The number of hydrogen-bond donors (Lipinski definition) is 1. The summed E-state index contributed by atoms with van der Waals surface area (Å²) in [5, 5.41) is 8.26. The highest BCUT2D eigenvalue weighted by Gasteiger charge is 2.23. The van der Waals surface area contributed by atoms with E-state index in [4.69, 9.17) is 0 Å². The standard InChI is InChI=1S/C25H28N4O2/c1-18-6-5-9-21(16-18)24-26-25(31)22(27-28-24)10-11-23(30)29-14-12-20(13-15-29)17-19-7-3-2-4-8-19/h2-9,16,20H,10-15,17H2,1H3,(H,26,28,31). The zero-order valence-electron chi connectivity index (χ0n) is 17.9. The molecule has 0 saturated carbocycles. The van der Waals surface area contributed by atoms with Crippen LogP contribution < -0.4 is 5.56 Å². The van der Waals surface area contributed by atoms with Crippen molar-refractivity contribution in [2.24, 2.45) is 5.92 Å². The summed E-state index contributed by atoms with van der Waals surface area (Å²) in [6.07, 6.45) is 3.70. The minimum absolute atomic E-state index is 0.0853. The molecule has 1 N–H and O–H groups in total. The van der Waals surface area contributed by atoms with E-state index in [2.05, 4.69) is 39.4 Å². The van der Waals surface area contributed by atoms with Crippen molar-refractivity contribution in [2.45, 2.75) is 39.0 Å². The SMILES string of the molecule is Cc1cccc(-c2nnc(CCC(=O)N3CCC(Cc4ccccc4)CC3)c(=O)[nH]2)c1. The summed E-state index contributed by atoms with van der Waals surface area (Å²) in [6.45, 7) is 3.55. The Kier molecular flexibility index (Phi) is 6.55. The van der Waals surface area contributed by atoms with E-state index >= 15 is 0 Å². The van der Waals surface area contributed by atoms with E-state index in [0.29, 0.717) is 23.9 Å². The molecule has 0 unspecified atom stereocenters. The summed E-state index contributed by atoms with van der Waals surface area (Å²) in [4.78, 5) is 29.8. The van der Waals surface area contributed by atoms with Crippen molar-refractivity contribution in [1.29, 1.82) is 0 Å². The van der Waals surface area contributed by atoms with Gasteiger partial charge < -0.3 is 9.88 Å². The predicted molar refractivity (Wildman–Crippen MR) is 121 cm³/mol. The van der Waals surface area contributed by atoms with E-state index in [9.17, 15) is 9.59 Å². The summed E-state index contributed by atoms with van der Waals surface area (Å²) >= 11 is 0. The Labute approximate surface area is 182 Å². The first-order valence-corrected chi connectivity index (χ1v) is 10.9. The minimum atomic E-state index is -0.277. The van der Waals surface area contributed by atoms with E-state index in [-0.39, 0.29) is 17.9 Å². The van der Waals surface area contributed by atoms with Crippen molar-refractivity contribution in [3.63, 3.8) is 0 Å². The second-order valence-corrected chi connectivity index (χ2v) is 8.33. The van der Waals surface area contributed by atoms with Crippen LogP contribution in [-0.4, -0.2) is 39.1 Å². The van der Waals surface area contributed by atoms with Gasteiger partial charge in [0.2, 0.25) is 5.91 Å². The smallest absolute Gasteiger partial charge is 0.273 e. The topological polar surface area (TPSA) is 79.0 Å². The van der Waals surface area contributed by atoms with Crippen LogP contribution in [0.2, 0.25) is 0 Å². The zero-order chi connectivity index (χ0) is 21.6. The molecule has 6 heteroatoms. The molecular weight excluding hydrogens is 388 g/mol. The van der Waals surface area contributed by atoms with Gasteiger partial charge in [0, 0.05) is 31.5 Å². The third-order valence-corrected chi connectivity index (χ3v) is 5.97. The molecule has 1 saturated heterocycles. The minimum Gasteiger partial charge on any atom is -0.343 e. The number of aromatic nitrogens is 3. The van der Waals surface area contributed by atoms with Gasteiger partial charge in [-0.1, -0.05) is 54.1 Å². The van der Waals surface area contributed by atoms with Crippen LogP contribution in [0.3, 0.4) is 0 Å². The maximum absolute atomic E-state index is 12.6. The second-order valence-electron chi connectivity index (χ2n) is 8.33. The van der Waals surface area contributed by atoms with Crippen LogP contribution in [0.4, 0.5) is 0 Å². The van der Waals surface area contributed by atoms with Crippen molar-refractivity contribution in [1.82, 2.24) is 20.1 Å². The van der Waals surface area contributed by atoms with Crippen LogP contribution in [0, 0.1) is 12.8 Å². The molecule has 0 atom stereocenters. The maximum atomic E-state index is 12.6. The van der Waals surface area contributed by atoms with Crippen molar-refractivity contribution < 1.29 is 4.79 Å². The number of carbonyl (C=O) groups excluding carboxylic acids is 1. The first-order chi connectivity index (χ1) is 15.1. The van der Waals surface area contributed by atoms with E-state index in [1.54, 1.807) is 0 Å². The lowest BCUT2D eigenvalue weighted by Gasteiger charge is -2.32. The highest BCUT2D eigenvalue weighted by molar-refractivity contribution is 5.76. The number of likely N-dealkylation sites (tertiary alicyclic amines) is 1. The molecule has 160 valence electrons. The van der Waals surface area contributed by atoms with Crippen LogP contribution in [-0.2, 0) is 17.6 Å². The molecule has 3 aromatic rings. The number of amides is 1. The van der Waals surface area contributed by atoms with E-state index < -0.39 is 0 Å². The summed E-state index contributed by atoms with van der Waals surface area (Å²) in [5.41, 5.74) is 3.30. The lowest BCUT2D eigenvalue weighted by molar-refractivity contribution is -0.132. The van der Waals surface area contributed by atoms with Crippen LogP contribution in [0.1, 0.15) is 36.1 Å². The third kappa shape index (κ3) is 5.45. The summed E-state index contributed by atoms with van der Waals surface area (Å²) < 4.78 is 0. The van der Waals surface area contributed by atoms with Gasteiger partial charge in [0.15, 0.2) is 5.82 Å².